The quantitative estimate of drug-likeness (QED) is 0.591. The number of carbonyl (C=O) groups is 3. The highest BCUT2D eigenvalue weighted by Crippen LogP contribution is 2.25. The van der Waals surface area contributed by atoms with Gasteiger partial charge in [-0.2, -0.15) is 0 Å². The Morgan fingerprint density at radius 3 is 2.38 bits per heavy atom. The molecule has 1 aromatic rings. The lowest BCUT2D eigenvalue weighted by molar-refractivity contribution is -0.313. The van der Waals surface area contributed by atoms with E-state index in [2.05, 4.69) is 26.8 Å². The number of carboxylic acids is 1. The number of hydrazine groups is 1. The molecule has 2 rings (SSSR count). The molecule has 2 N–H and O–H groups in total. The van der Waals surface area contributed by atoms with Crippen molar-refractivity contribution in [1.82, 2.24) is 10.9 Å². The van der Waals surface area contributed by atoms with Crippen LogP contribution in [0.3, 0.4) is 0 Å². The number of amides is 2. The predicted octanol–water partition coefficient (Wildman–Crippen LogP) is 0.135. The van der Waals surface area contributed by atoms with Crippen molar-refractivity contribution in [1.29, 1.82) is 0 Å². The van der Waals surface area contributed by atoms with Crippen molar-refractivity contribution < 1.29 is 23.9 Å². The van der Waals surface area contributed by atoms with Crippen LogP contribution < -0.4 is 16.0 Å². The van der Waals surface area contributed by atoms with Gasteiger partial charge in [0, 0.05) is 11.9 Å². The monoisotopic (exact) mass is 355 g/mol. The molecule has 1 aliphatic carbocycles. The largest absolute Gasteiger partial charge is 0.550 e. The Morgan fingerprint density at radius 1 is 1.14 bits per heavy atom. The van der Waals surface area contributed by atoms with Gasteiger partial charge in [-0.05, 0) is 40.9 Å². The van der Waals surface area contributed by atoms with Gasteiger partial charge in [0.2, 0.25) is 5.91 Å². The van der Waals surface area contributed by atoms with E-state index in [1.165, 1.54) is 12.1 Å². The molecule has 0 saturated carbocycles. The number of nitrogens with one attached hydrogen (secondary N) is 2. The molecular formula is C13H12BrN2O5-. The molecule has 0 unspecified atom stereocenters. The number of hydrogen-bond acceptors (Lipinski definition) is 5. The van der Waals surface area contributed by atoms with Crippen LogP contribution in [0.1, 0.15) is 23.4 Å². The van der Waals surface area contributed by atoms with Crippen LogP contribution >= 0.6 is 15.9 Å². The average Bonchev–Trinajstić information content (AvgIpc) is 2.91. The molecule has 0 fully saturated rings. The second-order valence-corrected chi connectivity index (χ2v) is 5.30. The summed E-state index contributed by atoms with van der Waals surface area (Å²) in [6, 6.07) is 2.97. The molecule has 0 radical (unpaired) electrons. The van der Waals surface area contributed by atoms with Crippen molar-refractivity contribution >= 4 is 33.7 Å². The van der Waals surface area contributed by atoms with Crippen LogP contribution in [0.25, 0.3) is 0 Å². The minimum atomic E-state index is -1.28. The second-order valence-electron chi connectivity index (χ2n) is 4.52. The van der Waals surface area contributed by atoms with Crippen LogP contribution in [0.4, 0.5) is 0 Å². The standard InChI is InChI=1S/C13H13BrN2O5/c14-10-6-5-9(21-10)12(18)16-15-11(17)7-3-1-2-4-8(7)13(19)20/h1-2,5-8H,3-4H2,(H,15,17)(H,16,18)(H,19,20)/p-1/t7-,8-/m1/s1. The highest BCUT2D eigenvalue weighted by molar-refractivity contribution is 9.10. The summed E-state index contributed by atoms with van der Waals surface area (Å²) < 4.78 is 5.40. The second kappa shape index (κ2) is 6.57. The summed E-state index contributed by atoms with van der Waals surface area (Å²) >= 11 is 3.05. The maximum atomic E-state index is 12.0. The SMILES string of the molecule is O=C(NNC(=O)[C@@H]1CC=CC[C@H]1C(=O)[O-])c1ccc(Br)o1. The number of allylic oxidation sites excluding steroid dienone is 2. The van der Waals surface area contributed by atoms with E-state index in [0.29, 0.717) is 4.67 Å². The van der Waals surface area contributed by atoms with E-state index in [-0.39, 0.29) is 18.6 Å². The lowest BCUT2D eigenvalue weighted by Gasteiger charge is -2.28. The van der Waals surface area contributed by atoms with E-state index in [0.717, 1.165) is 0 Å². The van der Waals surface area contributed by atoms with Gasteiger partial charge in [0.1, 0.15) is 0 Å². The molecule has 0 aromatic carbocycles. The van der Waals surface area contributed by atoms with Crippen LogP contribution in [0, 0.1) is 11.8 Å². The van der Waals surface area contributed by atoms with Gasteiger partial charge in [-0.15, -0.1) is 0 Å². The van der Waals surface area contributed by atoms with Crippen molar-refractivity contribution in [3.63, 3.8) is 0 Å². The maximum absolute atomic E-state index is 12.0. The molecular weight excluding hydrogens is 344 g/mol. The fourth-order valence-electron chi connectivity index (χ4n) is 2.07. The molecule has 0 aliphatic heterocycles. The summed E-state index contributed by atoms with van der Waals surface area (Å²) in [4.78, 5) is 34.6. The fraction of sp³-hybridized carbons (Fsp3) is 0.308. The number of furan rings is 1. The lowest BCUT2D eigenvalue weighted by Crippen LogP contribution is -2.49. The van der Waals surface area contributed by atoms with Crippen molar-refractivity contribution in [3.05, 3.63) is 34.7 Å². The maximum Gasteiger partial charge on any atom is 0.305 e. The zero-order valence-corrected chi connectivity index (χ0v) is 12.4. The topological polar surface area (TPSA) is 111 Å². The van der Waals surface area contributed by atoms with Crippen LogP contribution in [-0.4, -0.2) is 17.8 Å². The molecule has 8 heteroatoms. The molecule has 21 heavy (non-hydrogen) atoms. The Kier molecular flexibility index (Phi) is 4.79. The van der Waals surface area contributed by atoms with Crippen molar-refractivity contribution in [3.8, 4) is 0 Å². The average molecular weight is 356 g/mol. The number of aliphatic carboxylic acids is 1. The molecule has 0 spiro atoms. The third-order valence-corrected chi connectivity index (χ3v) is 3.59. The van der Waals surface area contributed by atoms with E-state index in [9.17, 15) is 19.5 Å². The first-order valence-corrected chi connectivity index (χ1v) is 6.99. The Morgan fingerprint density at radius 2 is 1.81 bits per heavy atom. The summed E-state index contributed by atoms with van der Waals surface area (Å²) in [5, 5.41) is 11.0. The normalized spacial score (nSPS) is 20.8. The Labute approximate surface area is 128 Å². The Hall–Kier alpha value is -2.09. The predicted molar refractivity (Wildman–Crippen MR) is 72.4 cm³/mol. The molecule has 2 amide bonds. The van der Waals surface area contributed by atoms with Crippen molar-refractivity contribution in [2.24, 2.45) is 11.8 Å². The van der Waals surface area contributed by atoms with Crippen LogP contribution in [-0.2, 0) is 9.59 Å². The summed E-state index contributed by atoms with van der Waals surface area (Å²) in [5.41, 5.74) is 4.38. The van der Waals surface area contributed by atoms with Gasteiger partial charge in [0.25, 0.3) is 0 Å². The summed E-state index contributed by atoms with van der Waals surface area (Å²) in [5.74, 6) is -4.14. The molecule has 1 aliphatic rings. The number of halogens is 1. The van der Waals surface area contributed by atoms with E-state index in [1.807, 2.05) is 0 Å². The van der Waals surface area contributed by atoms with E-state index in [4.69, 9.17) is 4.42 Å². The van der Waals surface area contributed by atoms with Gasteiger partial charge in [-0.3, -0.25) is 20.4 Å². The highest BCUT2D eigenvalue weighted by Gasteiger charge is 2.30. The Balaban J connectivity index is 1.93. The number of carboxylic acid groups (broad SMARTS) is 1. The van der Waals surface area contributed by atoms with Gasteiger partial charge in [0.05, 0.1) is 5.92 Å². The van der Waals surface area contributed by atoms with Gasteiger partial charge < -0.3 is 14.3 Å². The van der Waals surface area contributed by atoms with Crippen molar-refractivity contribution in [2.75, 3.05) is 0 Å². The molecule has 7 nitrogen and oxygen atoms in total. The zero-order valence-electron chi connectivity index (χ0n) is 10.8. The third kappa shape index (κ3) is 3.72. The van der Waals surface area contributed by atoms with Crippen LogP contribution in [0.2, 0.25) is 0 Å². The first-order chi connectivity index (χ1) is 9.99. The number of rotatable bonds is 3. The summed E-state index contributed by atoms with van der Waals surface area (Å²) in [6.07, 6.45) is 3.95. The number of hydrogen-bond donors (Lipinski definition) is 2. The molecule has 1 heterocycles. The van der Waals surface area contributed by atoms with Crippen LogP contribution in [0.15, 0.2) is 33.4 Å². The first kappa shape index (κ1) is 15.3. The molecule has 2 atom stereocenters. The summed E-state index contributed by atoms with van der Waals surface area (Å²) in [7, 11) is 0. The van der Waals surface area contributed by atoms with Gasteiger partial charge in [0.15, 0.2) is 10.4 Å². The van der Waals surface area contributed by atoms with E-state index in [1.54, 1.807) is 12.2 Å². The molecule has 0 saturated heterocycles. The van der Waals surface area contributed by atoms with Crippen molar-refractivity contribution in [2.45, 2.75) is 12.8 Å². The van der Waals surface area contributed by atoms with Gasteiger partial charge in [-0.1, -0.05) is 12.2 Å². The first-order valence-electron chi connectivity index (χ1n) is 6.20. The minimum Gasteiger partial charge on any atom is -0.550 e. The third-order valence-electron chi connectivity index (χ3n) is 3.17. The van der Waals surface area contributed by atoms with E-state index >= 15 is 0 Å². The molecule has 1 aromatic heterocycles. The fourth-order valence-corrected chi connectivity index (χ4v) is 2.38. The molecule has 0 bridgehead atoms. The minimum absolute atomic E-state index is 0.0159. The zero-order chi connectivity index (χ0) is 15.4. The Bertz CT molecular complexity index is 595. The smallest absolute Gasteiger partial charge is 0.305 e. The highest BCUT2D eigenvalue weighted by atomic mass is 79.9. The summed E-state index contributed by atoms with van der Waals surface area (Å²) in [6.45, 7) is 0. The molecule has 112 valence electrons. The van der Waals surface area contributed by atoms with E-state index < -0.39 is 29.6 Å². The van der Waals surface area contributed by atoms with Crippen LogP contribution in [0.5, 0.6) is 0 Å². The van der Waals surface area contributed by atoms with Gasteiger partial charge in [-0.25, -0.2) is 0 Å². The lowest BCUT2D eigenvalue weighted by atomic mass is 9.82. The number of carbonyl (C=O) groups excluding carboxylic acids is 3. The van der Waals surface area contributed by atoms with Gasteiger partial charge >= 0.3 is 5.91 Å².